The normalized spacial score (nSPS) is 15.7. The van der Waals surface area contributed by atoms with Crippen LogP contribution in [-0.4, -0.2) is 92.5 Å². The second kappa shape index (κ2) is 40.1. The quantitative estimate of drug-likeness (QED) is 0.0153. The van der Waals surface area contributed by atoms with E-state index in [0.717, 1.165) is 57.8 Å². The van der Waals surface area contributed by atoms with Gasteiger partial charge < -0.3 is 38.1 Å². The number of hydrogen-bond acceptors (Lipinski definition) is 10. The molecule has 12 heteroatoms. The van der Waals surface area contributed by atoms with Crippen LogP contribution in [0.25, 0.3) is 0 Å². The molecule has 4 atom stereocenters. The molecule has 0 aromatic carbocycles. The fourth-order valence-corrected chi connectivity index (χ4v) is 5.87. The van der Waals surface area contributed by atoms with Gasteiger partial charge in [-0.15, -0.1) is 0 Å². The van der Waals surface area contributed by atoms with E-state index in [1.165, 1.54) is 0 Å². The second-order valence-corrected chi connectivity index (χ2v) is 17.1. The minimum atomic E-state index is -4.69. The Labute approximate surface area is 374 Å². The van der Waals surface area contributed by atoms with Crippen LogP contribution in [0.15, 0.2) is 122 Å². The maximum absolute atomic E-state index is 12.7. The lowest BCUT2D eigenvalue weighted by Crippen LogP contribution is -2.37. The molecule has 0 fully saturated rings. The first kappa shape index (κ1) is 58.3. The van der Waals surface area contributed by atoms with Crippen LogP contribution in [0.5, 0.6) is 0 Å². The van der Waals surface area contributed by atoms with Gasteiger partial charge in [-0.2, -0.15) is 0 Å². The van der Waals surface area contributed by atoms with Crippen molar-refractivity contribution in [3.63, 3.8) is 0 Å². The molecule has 11 nitrogen and oxygen atoms in total. The molecule has 350 valence electrons. The number of phosphoric ester groups is 1. The number of quaternary nitrogens is 1. The van der Waals surface area contributed by atoms with Crippen LogP contribution in [0, 0.1) is 0 Å². The van der Waals surface area contributed by atoms with Crippen molar-refractivity contribution in [1.29, 1.82) is 0 Å². The molecule has 0 aliphatic rings. The Morgan fingerprint density at radius 2 is 1.10 bits per heavy atom. The Balaban J connectivity index is 4.65. The Kier molecular flexibility index (Phi) is 37.8. The van der Waals surface area contributed by atoms with Crippen LogP contribution >= 0.6 is 7.82 Å². The van der Waals surface area contributed by atoms with E-state index < -0.39 is 44.7 Å². The first-order chi connectivity index (χ1) is 29.8. The van der Waals surface area contributed by atoms with Crippen molar-refractivity contribution < 1.29 is 52.3 Å². The number of aliphatic hydroxyl groups excluding tert-OH is 2. The van der Waals surface area contributed by atoms with E-state index >= 15 is 0 Å². The number of aliphatic hydroxyl groups is 2. The molecule has 0 bridgehead atoms. The molecule has 0 aliphatic heterocycles. The largest absolute Gasteiger partial charge is 0.756 e. The number of phosphoric acid groups is 1. The van der Waals surface area contributed by atoms with Crippen LogP contribution in [-0.2, 0) is 32.7 Å². The lowest BCUT2D eigenvalue weighted by atomic mass is 10.1. The SMILES string of the molecule is CC/C=C\C/C=C\C/C=C\C/C=C\CCCCCCC(=O)O[C@H](COC(=O)CC/C=C\C/C=C\C[C@H](O)/C=C/C=C\C=C\[C@H](O)C/C=C\CC)COP(=O)([O-])OCC[N+](C)(C)C. The van der Waals surface area contributed by atoms with E-state index in [1.807, 2.05) is 64.5 Å². The molecule has 0 amide bonds. The van der Waals surface area contributed by atoms with Gasteiger partial charge in [0.1, 0.15) is 19.8 Å². The Morgan fingerprint density at radius 3 is 1.68 bits per heavy atom. The molecule has 0 heterocycles. The minimum absolute atomic E-state index is 0.0732. The smallest absolute Gasteiger partial charge is 0.306 e. The van der Waals surface area contributed by atoms with Gasteiger partial charge in [0, 0.05) is 12.8 Å². The van der Waals surface area contributed by atoms with Crippen LogP contribution in [0.4, 0.5) is 0 Å². The third-order valence-electron chi connectivity index (χ3n) is 8.66. The van der Waals surface area contributed by atoms with Gasteiger partial charge in [-0.05, 0) is 77.0 Å². The molecule has 0 saturated carbocycles. The zero-order valence-electron chi connectivity index (χ0n) is 38.5. The molecule has 0 aliphatic carbocycles. The fourth-order valence-electron chi connectivity index (χ4n) is 5.14. The molecule has 0 radical (unpaired) electrons. The van der Waals surface area contributed by atoms with Crippen molar-refractivity contribution in [2.75, 3.05) is 47.5 Å². The van der Waals surface area contributed by atoms with E-state index in [1.54, 1.807) is 36.5 Å². The molecule has 0 saturated heterocycles. The van der Waals surface area contributed by atoms with E-state index in [9.17, 15) is 29.3 Å². The van der Waals surface area contributed by atoms with Gasteiger partial charge in [0.05, 0.1) is 40.0 Å². The molecule has 0 rings (SSSR count). The van der Waals surface area contributed by atoms with Gasteiger partial charge in [0.25, 0.3) is 7.82 Å². The highest BCUT2D eigenvalue weighted by Gasteiger charge is 2.21. The molecule has 2 N–H and O–H groups in total. The number of rotatable bonds is 38. The van der Waals surface area contributed by atoms with Gasteiger partial charge in [-0.25, -0.2) is 0 Å². The number of carbonyl (C=O) groups excluding carboxylic acids is 2. The third-order valence-corrected chi connectivity index (χ3v) is 9.62. The number of unbranched alkanes of at least 4 members (excludes halogenated alkanes) is 4. The third kappa shape index (κ3) is 43.0. The number of likely N-dealkylation sites (N-methyl/N-ethyl adjacent to an activating group) is 1. The summed E-state index contributed by atoms with van der Waals surface area (Å²) in [7, 11) is 1.02. The molecule has 0 aromatic rings. The fraction of sp³-hybridized carbons (Fsp3) is 0.560. The molecule has 1 unspecified atom stereocenters. The molecule has 0 spiro atoms. The van der Waals surface area contributed by atoms with Crippen LogP contribution in [0.1, 0.15) is 117 Å². The zero-order valence-corrected chi connectivity index (χ0v) is 39.4. The minimum Gasteiger partial charge on any atom is -0.756 e. The molecule has 62 heavy (non-hydrogen) atoms. The highest BCUT2D eigenvalue weighted by atomic mass is 31.2. The molecular formula is C50H80NO10P. The average molecular weight is 886 g/mol. The van der Waals surface area contributed by atoms with Gasteiger partial charge in [0.15, 0.2) is 6.10 Å². The summed E-state index contributed by atoms with van der Waals surface area (Å²) in [6, 6.07) is 0. The number of carbonyl (C=O) groups is 2. The first-order valence-corrected chi connectivity index (χ1v) is 23.9. The number of hydrogen-bond donors (Lipinski definition) is 2. The van der Waals surface area contributed by atoms with Crippen LogP contribution in [0.3, 0.4) is 0 Å². The summed E-state index contributed by atoms with van der Waals surface area (Å²) >= 11 is 0. The summed E-state index contributed by atoms with van der Waals surface area (Å²) in [5, 5.41) is 20.0. The first-order valence-electron chi connectivity index (χ1n) is 22.5. The maximum atomic E-state index is 12.7. The number of esters is 2. The summed E-state index contributed by atoms with van der Waals surface area (Å²) < 4.78 is 33.7. The predicted octanol–water partition coefficient (Wildman–Crippen LogP) is 10.2. The Bertz CT molecular complexity index is 1500. The topological polar surface area (TPSA) is 152 Å². The van der Waals surface area contributed by atoms with Crippen LogP contribution < -0.4 is 4.89 Å². The lowest BCUT2D eigenvalue weighted by molar-refractivity contribution is -0.870. The van der Waals surface area contributed by atoms with Crippen LogP contribution in [0.2, 0.25) is 0 Å². The van der Waals surface area contributed by atoms with Gasteiger partial charge in [-0.1, -0.05) is 148 Å². The number of allylic oxidation sites excluding steroid dienone is 16. The zero-order chi connectivity index (χ0) is 46.0. The van der Waals surface area contributed by atoms with Crippen molar-refractivity contribution in [2.24, 2.45) is 0 Å². The summed E-state index contributed by atoms with van der Waals surface area (Å²) in [6.45, 7) is 3.65. The summed E-state index contributed by atoms with van der Waals surface area (Å²) in [5.74, 6) is -1.05. The number of nitrogens with zero attached hydrogens (tertiary/aromatic N) is 1. The predicted molar refractivity (Wildman–Crippen MR) is 252 cm³/mol. The van der Waals surface area contributed by atoms with Gasteiger partial charge in [-0.3, -0.25) is 14.2 Å². The van der Waals surface area contributed by atoms with Crippen molar-refractivity contribution in [1.82, 2.24) is 0 Å². The van der Waals surface area contributed by atoms with E-state index in [0.29, 0.717) is 43.1 Å². The van der Waals surface area contributed by atoms with Gasteiger partial charge in [0.2, 0.25) is 0 Å². The lowest BCUT2D eigenvalue weighted by Gasteiger charge is -2.28. The number of ether oxygens (including phenoxy) is 2. The maximum Gasteiger partial charge on any atom is 0.306 e. The van der Waals surface area contributed by atoms with E-state index in [-0.39, 0.29) is 26.1 Å². The standard InChI is InChI=1S/C50H80NO10P/c1-6-8-10-11-12-13-14-15-16-17-18-19-20-21-22-27-35-41-50(55)61-48(45-60-62(56,57)59-43-42-51(3,4)5)44-58-49(54)40-34-26-24-23-25-31-37-47(53)39-33-29-28-32-38-46(52)36-30-9-7-2/h8-10,12-13,15-16,18-19,24-26,28-33,38-39,46-48,52-53H,6-7,11,14,17,20-23,27,34-37,40-45H2,1-5H3/b10-8-,13-12-,16-15-,19-18-,26-24-,29-28-,30-9-,31-25-,38-32+,39-33+/t46-,47+,48-/m1/s1. The highest BCUT2D eigenvalue weighted by Crippen LogP contribution is 2.38. The highest BCUT2D eigenvalue weighted by molar-refractivity contribution is 7.45. The van der Waals surface area contributed by atoms with Crippen molar-refractivity contribution in [2.45, 2.75) is 135 Å². The van der Waals surface area contributed by atoms with Crippen molar-refractivity contribution in [3.05, 3.63) is 122 Å². The van der Waals surface area contributed by atoms with Crippen molar-refractivity contribution >= 4 is 19.8 Å². The Hall–Kier alpha value is -3.67. The second-order valence-electron chi connectivity index (χ2n) is 15.7. The summed E-state index contributed by atoms with van der Waals surface area (Å²) in [5.41, 5.74) is 0. The molecular weight excluding hydrogens is 806 g/mol. The van der Waals surface area contributed by atoms with E-state index in [4.69, 9.17) is 18.5 Å². The molecule has 0 aromatic heterocycles. The summed E-state index contributed by atoms with van der Waals surface area (Å²) in [4.78, 5) is 37.6. The average Bonchev–Trinajstić information content (AvgIpc) is 3.21. The van der Waals surface area contributed by atoms with Gasteiger partial charge >= 0.3 is 11.9 Å². The van der Waals surface area contributed by atoms with Crippen molar-refractivity contribution in [3.8, 4) is 0 Å². The monoisotopic (exact) mass is 886 g/mol. The Morgan fingerprint density at radius 1 is 0.597 bits per heavy atom. The summed E-state index contributed by atoms with van der Waals surface area (Å²) in [6.07, 6.45) is 48.8. The van der Waals surface area contributed by atoms with E-state index in [2.05, 4.69) is 55.5 Å².